The largest absolute Gasteiger partial charge is 0.329 e. The maximum absolute atomic E-state index is 5.45. The number of rotatable bonds is 5. The van der Waals surface area contributed by atoms with E-state index < -0.39 is 0 Å². The van der Waals surface area contributed by atoms with Crippen molar-refractivity contribution >= 4 is 0 Å². The van der Waals surface area contributed by atoms with Crippen molar-refractivity contribution in [3.05, 3.63) is 34.9 Å². The average molecular weight is 206 g/mol. The third-order valence-electron chi connectivity index (χ3n) is 2.75. The van der Waals surface area contributed by atoms with Gasteiger partial charge in [0.25, 0.3) is 0 Å². The molecular weight excluding hydrogens is 184 g/mol. The molecule has 0 radical (unpaired) electrons. The fourth-order valence-electron chi connectivity index (χ4n) is 1.69. The summed E-state index contributed by atoms with van der Waals surface area (Å²) < 4.78 is 0. The van der Waals surface area contributed by atoms with Crippen molar-refractivity contribution < 1.29 is 0 Å². The van der Waals surface area contributed by atoms with Gasteiger partial charge in [-0.05, 0) is 43.9 Å². The molecular formula is C13H22N2. The highest BCUT2D eigenvalue weighted by atomic mass is 14.9. The Hall–Kier alpha value is -0.860. The molecule has 1 aromatic carbocycles. The smallest absolute Gasteiger partial charge is 0.00796 e. The molecule has 0 saturated carbocycles. The van der Waals surface area contributed by atoms with Gasteiger partial charge in [0.05, 0.1) is 0 Å². The predicted octanol–water partition coefficient (Wildman–Crippen LogP) is 1.78. The predicted molar refractivity (Wildman–Crippen MR) is 66.1 cm³/mol. The van der Waals surface area contributed by atoms with Crippen molar-refractivity contribution in [2.24, 2.45) is 5.73 Å². The zero-order valence-electron chi connectivity index (χ0n) is 10.0. The number of hydrogen-bond donors (Lipinski definition) is 2. The van der Waals surface area contributed by atoms with Crippen LogP contribution < -0.4 is 11.1 Å². The van der Waals surface area contributed by atoms with Crippen LogP contribution in [0.5, 0.6) is 0 Å². The lowest BCUT2D eigenvalue weighted by Crippen LogP contribution is -2.32. The Morgan fingerprint density at radius 1 is 1.27 bits per heavy atom. The summed E-state index contributed by atoms with van der Waals surface area (Å²) in [5.41, 5.74) is 9.59. The van der Waals surface area contributed by atoms with E-state index in [-0.39, 0.29) is 0 Å². The molecule has 0 fully saturated rings. The zero-order chi connectivity index (χ0) is 11.3. The highest BCUT2D eigenvalue weighted by Crippen LogP contribution is 2.11. The molecule has 1 atom stereocenters. The summed E-state index contributed by atoms with van der Waals surface area (Å²) in [6, 6.07) is 7.18. The zero-order valence-corrected chi connectivity index (χ0v) is 10.0. The number of benzene rings is 1. The molecule has 0 heterocycles. The topological polar surface area (TPSA) is 38.0 Å². The quantitative estimate of drug-likeness (QED) is 0.770. The van der Waals surface area contributed by atoms with Gasteiger partial charge in [-0.3, -0.25) is 0 Å². The van der Waals surface area contributed by atoms with E-state index in [1.54, 1.807) is 0 Å². The minimum absolute atomic E-state index is 0.496. The summed E-state index contributed by atoms with van der Waals surface area (Å²) in [5.74, 6) is 0. The lowest BCUT2D eigenvalue weighted by atomic mass is 10.0. The molecule has 15 heavy (non-hydrogen) atoms. The summed E-state index contributed by atoms with van der Waals surface area (Å²) in [6.07, 6.45) is 1.07. The molecule has 2 heteroatoms. The second kappa shape index (κ2) is 5.89. The summed E-state index contributed by atoms with van der Waals surface area (Å²) in [6.45, 7) is 8.11. The number of nitrogens with two attached hydrogens (primary N) is 1. The van der Waals surface area contributed by atoms with Gasteiger partial charge < -0.3 is 11.1 Å². The van der Waals surface area contributed by atoms with Crippen LogP contribution in [0, 0.1) is 13.8 Å². The van der Waals surface area contributed by atoms with Crippen LogP contribution in [0.3, 0.4) is 0 Å². The third-order valence-corrected chi connectivity index (χ3v) is 2.75. The maximum Gasteiger partial charge on any atom is 0.00796 e. The molecule has 0 amide bonds. The van der Waals surface area contributed by atoms with Gasteiger partial charge in [0.15, 0.2) is 0 Å². The molecule has 0 aliphatic heterocycles. The van der Waals surface area contributed by atoms with Crippen LogP contribution in [0.2, 0.25) is 0 Å². The molecule has 84 valence electrons. The Morgan fingerprint density at radius 2 is 2.00 bits per heavy atom. The summed E-state index contributed by atoms with van der Waals surface area (Å²) >= 11 is 0. The first kappa shape index (κ1) is 12.2. The minimum Gasteiger partial charge on any atom is -0.329 e. The summed E-state index contributed by atoms with van der Waals surface area (Å²) in [5, 5.41) is 3.39. The van der Waals surface area contributed by atoms with Gasteiger partial charge in [0.1, 0.15) is 0 Å². The van der Waals surface area contributed by atoms with E-state index in [2.05, 4.69) is 44.3 Å². The lowest BCUT2D eigenvalue weighted by Gasteiger charge is -2.13. The van der Waals surface area contributed by atoms with Crippen molar-refractivity contribution in [1.29, 1.82) is 0 Å². The van der Waals surface area contributed by atoms with Crippen molar-refractivity contribution in [1.82, 2.24) is 5.32 Å². The number of nitrogens with one attached hydrogen (secondary N) is 1. The molecule has 0 bridgehead atoms. The molecule has 3 N–H and O–H groups in total. The maximum atomic E-state index is 5.45. The van der Waals surface area contributed by atoms with Crippen LogP contribution in [0.15, 0.2) is 18.2 Å². The Bertz CT molecular complexity index is 307. The van der Waals surface area contributed by atoms with Gasteiger partial charge in [-0.1, -0.05) is 18.2 Å². The molecule has 0 aliphatic carbocycles. The Balaban J connectivity index is 2.53. The third kappa shape index (κ3) is 4.02. The molecule has 1 unspecified atom stereocenters. The SMILES string of the molecule is Cc1ccc(CC(C)NCCN)cc1C. The highest BCUT2D eigenvalue weighted by molar-refractivity contribution is 5.30. The van der Waals surface area contributed by atoms with Gasteiger partial charge in [-0.25, -0.2) is 0 Å². The van der Waals surface area contributed by atoms with E-state index in [4.69, 9.17) is 5.73 Å². The molecule has 1 aromatic rings. The monoisotopic (exact) mass is 206 g/mol. The second-order valence-electron chi connectivity index (χ2n) is 4.27. The first-order valence-electron chi connectivity index (χ1n) is 5.63. The standard InChI is InChI=1S/C13H22N2/c1-10-4-5-13(8-11(10)2)9-12(3)15-7-6-14/h4-5,8,12,15H,6-7,9,14H2,1-3H3. The fraction of sp³-hybridized carbons (Fsp3) is 0.538. The van der Waals surface area contributed by atoms with E-state index in [1.807, 2.05) is 0 Å². The molecule has 1 rings (SSSR count). The van der Waals surface area contributed by atoms with E-state index in [0.29, 0.717) is 12.6 Å². The van der Waals surface area contributed by atoms with Crippen molar-refractivity contribution in [2.75, 3.05) is 13.1 Å². The van der Waals surface area contributed by atoms with Gasteiger partial charge in [0.2, 0.25) is 0 Å². The highest BCUT2D eigenvalue weighted by Gasteiger charge is 2.03. The van der Waals surface area contributed by atoms with Crippen LogP contribution in [0.4, 0.5) is 0 Å². The van der Waals surface area contributed by atoms with E-state index in [1.165, 1.54) is 16.7 Å². The Labute approximate surface area is 92.9 Å². The first-order valence-corrected chi connectivity index (χ1v) is 5.63. The normalized spacial score (nSPS) is 12.8. The number of hydrogen-bond acceptors (Lipinski definition) is 2. The summed E-state index contributed by atoms with van der Waals surface area (Å²) in [4.78, 5) is 0. The van der Waals surface area contributed by atoms with Gasteiger partial charge in [0, 0.05) is 19.1 Å². The lowest BCUT2D eigenvalue weighted by molar-refractivity contribution is 0.553. The molecule has 0 spiro atoms. The minimum atomic E-state index is 0.496. The van der Waals surface area contributed by atoms with Crippen molar-refractivity contribution in [3.63, 3.8) is 0 Å². The first-order chi connectivity index (χ1) is 7.13. The van der Waals surface area contributed by atoms with Crippen molar-refractivity contribution in [2.45, 2.75) is 33.2 Å². The van der Waals surface area contributed by atoms with E-state index >= 15 is 0 Å². The molecule has 0 saturated heterocycles. The Kier molecular flexibility index (Phi) is 4.79. The van der Waals surface area contributed by atoms with Gasteiger partial charge >= 0.3 is 0 Å². The van der Waals surface area contributed by atoms with Crippen LogP contribution in [0.1, 0.15) is 23.6 Å². The van der Waals surface area contributed by atoms with Crippen molar-refractivity contribution in [3.8, 4) is 0 Å². The molecule has 2 nitrogen and oxygen atoms in total. The van der Waals surface area contributed by atoms with E-state index in [0.717, 1.165) is 13.0 Å². The second-order valence-corrected chi connectivity index (χ2v) is 4.27. The van der Waals surface area contributed by atoms with Crippen LogP contribution >= 0.6 is 0 Å². The fourth-order valence-corrected chi connectivity index (χ4v) is 1.69. The van der Waals surface area contributed by atoms with Crippen LogP contribution in [-0.4, -0.2) is 19.1 Å². The van der Waals surface area contributed by atoms with Gasteiger partial charge in [-0.15, -0.1) is 0 Å². The van der Waals surface area contributed by atoms with Crippen LogP contribution in [0.25, 0.3) is 0 Å². The average Bonchev–Trinajstić information content (AvgIpc) is 2.20. The number of aryl methyl sites for hydroxylation is 2. The summed E-state index contributed by atoms with van der Waals surface area (Å²) in [7, 11) is 0. The van der Waals surface area contributed by atoms with E-state index in [9.17, 15) is 0 Å². The molecule has 0 aliphatic rings. The molecule has 0 aromatic heterocycles. The van der Waals surface area contributed by atoms with Gasteiger partial charge in [-0.2, -0.15) is 0 Å². The Morgan fingerprint density at radius 3 is 2.60 bits per heavy atom. The van der Waals surface area contributed by atoms with Crippen LogP contribution in [-0.2, 0) is 6.42 Å².